The fourth-order valence-corrected chi connectivity index (χ4v) is 1.96. The average molecular weight is 288 g/mol. The van der Waals surface area contributed by atoms with Gasteiger partial charge in [-0.05, 0) is 25.1 Å². The summed E-state index contributed by atoms with van der Waals surface area (Å²) in [6.07, 6.45) is 0. The fourth-order valence-electron chi connectivity index (χ4n) is 1.32. The lowest BCUT2D eigenvalue weighted by Crippen LogP contribution is -2.25. The molecule has 0 saturated carbocycles. The van der Waals surface area contributed by atoms with E-state index in [4.69, 9.17) is 35.4 Å². The minimum atomic E-state index is -0.432. The van der Waals surface area contributed by atoms with Crippen LogP contribution in [0.3, 0.4) is 0 Å². The first-order valence-corrected chi connectivity index (χ1v) is 5.80. The molecule has 1 aromatic carbocycles. The van der Waals surface area contributed by atoms with E-state index in [9.17, 15) is 4.79 Å². The van der Waals surface area contributed by atoms with Crippen molar-refractivity contribution in [1.82, 2.24) is 14.8 Å². The van der Waals surface area contributed by atoms with Gasteiger partial charge in [0.1, 0.15) is 4.64 Å². The SMILES string of the molecule is Cc1nn(-c2cc(Cl)cc(Cl)c2)c(=O)[nH]c1=S. The van der Waals surface area contributed by atoms with Gasteiger partial charge in [0.2, 0.25) is 0 Å². The molecule has 7 heteroatoms. The number of nitrogens with zero attached hydrogens (tertiary/aromatic N) is 2. The highest BCUT2D eigenvalue weighted by molar-refractivity contribution is 7.71. The van der Waals surface area contributed by atoms with Gasteiger partial charge >= 0.3 is 5.69 Å². The van der Waals surface area contributed by atoms with Crippen LogP contribution in [0.5, 0.6) is 0 Å². The maximum atomic E-state index is 11.7. The largest absolute Gasteiger partial charge is 0.347 e. The van der Waals surface area contributed by atoms with Crippen molar-refractivity contribution in [3.63, 3.8) is 0 Å². The average Bonchev–Trinajstić information content (AvgIpc) is 2.22. The Bertz CT molecular complexity index is 672. The molecule has 4 nitrogen and oxygen atoms in total. The Morgan fingerprint density at radius 3 is 2.47 bits per heavy atom. The van der Waals surface area contributed by atoms with E-state index in [0.29, 0.717) is 26.1 Å². The first-order chi connectivity index (χ1) is 7.97. The Morgan fingerprint density at radius 2 is 1.88 bits per heavy atom. The number of rotatable bonds is 1. The number of benzene rings is 1. The number of aromatic amines is 1. The van der Waals surface area contributed by atoms with Crippen molar-refractivity contribution >= 4 is 35.4 Å². The molecule has 0 aliphatic heterocycles. The number of halogens is 2. The molecular formula is C10H7Cl2N3OS. The molecule has 1 heterocycles. The monoisotopic (exact) mass is 287 g/mol. The Labute approximate surface area is 112 Å². The molecule has 0 spiro atoms. The van der Waals surface area contributed by atoms with Crippen LogP contribution >= 0.6 is 35.4 Å². The number of aryl methyl sites for hydroxylation is 1. The van der Waals surface area contributed by atoms with Gasteiger partial charge in [0.15, 0.2) is 0 Å². The summed E-state index contributed by atoms with van der Waals surface area (Å²) >= 11 is 16.6. The van der Waals surface area contributed by atoms with Crippen molar-refractivity contribution < 1.29 is 0 Å². The van der Waals surface area contributed by atoms with Crippen LogP contribution < -0.4 is 5.69 Å². The predicted octanol–water partition coefficient (Wildman–Crippen LogP) is 2.91. The van der Waals surface area contributed by atoms with Crippen molar-refractivity contribution in [3.8, 4) is 5.69 Å². The van der Waals surface area contributed by atoms with Crippen LogP contribution in [-0.2, 0) is 0 Å². The molecule has 0 saturated heterocycles. The number of hydrogen-bond acceptors (Lipinski definition) is 3. The zero-order valence-electron chi connectivity index (χ0n) is 8.70. The van der Waals surface area contributed by atoms with Gasteiger partial charge in [-0.3, -0.25) is 4.98 Å². The predicted molar refractivity (Wildman–Crippen MR) is 69.8 cm³/mol. The molecule has 0 aliphatic carbocycles. The van der Waals surface area contributed by atoms with Gasteiger partial charge in [0.05, 0.1) is 11.4 Å². The first kappa shape index (κ1) is 12.3. The quantitative estimate of drug-likeness (QED) is 0.821. The summed E-state index contributed by atoms with van der Waals surface area (Å²) in [5, 5.41) is 4.94. The minimum Gasteiger partial charge on any atom is -0.295 e. The molecule has 0 atom stereocenters. The zero-order valence-corrected chi connectivity index (χ0v) is 11.0. The Hall–Kier alpha value is -1.17. The molecular weight excluding hydrogens is 281 g/mol. The second-order valence-corrected chi connectivity index (χ2v) is 4.67. The molecule has 0 aliphatic rings. The molecule has 2 aromatic rings. The second kappa shape index (κ2) is 4.60. The number of nitrogens with one attached hydrogen (secondary N) is 1. The van der Waals surface area contributed by atoms with E-state index >= 15 is 0 Å². The Kier molecular flexibility index (Phi) is 3.33. The van der Waals surface area contributed by atoms with Crippen LogP contribution in [0.1, 0.15) is 5.69 Å². The van der Waals surface area contributed by atoms with E-state index in [1.54, 1.807) is 25.1 Å². The highest BCUT2D eigenvalue weighted by atomic mass is 35.5. The third-order valence-corrected chi connectivity index (χ3v) is 2.92. The molecule has 0 amide bonds. The van der Waals surface area contributed by atoms with Crippen LogP contribution in [0.4, 0.5) is 0 Å². The zero-order chi connectivity index (χ0) is 12.6. The summed E-state index contributed by atoms with van der Waals surface area (Å²) in [5.41, 5.74) is 0.608. The molecule has 2 rings (SSSR count). The summed E-state index contributed by atoms with van der Waals surface area (Å²) < 4.78 is 1.49. The van der Waals surface area contributed by atoms with Gasteiger partial charge in [-0.15, -0.1) is 0 Å². The van der Waals surface area contributed by atoms with E-state index in [-0.39, 0.29) is 0 Å². The van der Waals surface area contributed by atoms with Gasteiger partial charge in [-0.25, -0.2) is 4.79 Å². The lowest BCUT2D eigenvalue weighted by atomic mass is 10.3. The minimum absolute atomic E-state index is 0.319. The van der Waals surface area contributed by atoms with Crippen molar-refractivity contribution in [3.05, 3.63) is 49.1 Å². The topological polar surface area (TPSA) is 50.7 Å². The molecule has 0 unspecified atom stereocenters. The molecule has 0 radical (unpaired) electrons. The van der Waals surface area contributed by atoms with Gasteiger partial charge in [-0.2, -0.15) is 9.78 Å². The van der Waals surface area contributed by atoms with Crippen LogP contribution in [0.2, 0.25) is 10.0 Å². The Balaban J connectivity index is 2.72. The normalized spacial score (nSPS) is 10.5. The maximum Gasteiger partial charge on any atom is 0.347 e. The number of aromatic nitrogens is 3. The number of hydrogen-bond donors (Lipinski definition) is 1. The summed E-state index contributed by atoms with van der Waals surface area (Å²) in [4.78, 5) is 14.2. The second-order valence-electron chi connectivity index (χ2n) is 3.38. The van der Waals surface area contributed by atoms with E-state index in [1.807, 2.05) is 0 Å². The van der Waals surface area contributed by atoms with E-state index < -0.39 is 5.69 Å². The molecule has 0 fully saturated rings. The lowest BCUT2D eigenvalue weighted by molar-refractivity contribution is 0.737. The maximum absolute atomic E-state index is 11.7. The molecule has 1 N–H and O–H groups in total. The van der Waals surface area contributed by atoms with Gasteiger partial charge in [0.25, 0.3) is 0 Å². The molecule has 0 bridgehead atoms. The Morgan fingerprint density at radius 1 is 1.29 bits per heavy atom. The number of H-pyrrole nitrogens is 1. The standard InChI is InChI=1S/C10H7Cl2N3OS/c1-5-9(17)13-10(16)15(14-5)8-3-6(11)2-7(12)4-8/h2-4H,1H3,(H,13,16,17). The molecule has 17 heavy (non-hydrogen) atoms. The van der Waals surface area contributed by atoms with Gasteiger partial charge < -0.3 is 0 Å². The lowest BCUT2D eigenvalue weighted by Gasteiger charge is -2.06. The van der Waals surface area contributed by atoms with Crippen molar-refractivity contribution in [2.75, 3.05) is 0 Å². The summed E-state index contributed by atoms with van der Waals surface area (Å²) in [6.45, 7) is 1.71. The molecule has 88 valence electrons. The van der Waals surface area contributed by atoms with E-state index in [2.05, 4.69) is 10.1 Å². The highest BCUT2D eigenvalue weighted by Crippen LogP contribution is 2.20. The van der Waals surface area contributed by atoms with Crippen molar-refractivity contribution in [2.45, 2.75) is 6.92 Å². The van der Waals surface area contributed by atoms with E-state index in [1.165, 1.54) is 4.68 Å². The van der Waals surface area contributed by atoms with Crippen LogP contribution in [0.25, 0.3) is 5.69 Å². The third kappa shape index (κ3) is 2.57. The summed E-state index contributed by atoms with van der Waals surface area (Å²) in [7, 11) is 0. The van der Waals surface area contributed by atoms with Crippen LogP contribution in [-0.4, -0.2) is 14.8 Å². The highest BCUT2D eigenvalue weighted by Gasteiger charge is 2.05. The third-order valence-electron chi connectivity index (χ3n) is 2.08. The summed E-state index contributed by atoms with van der Waals surface area (Å²) in [5.74, 6) is 0. The van der Waals surface area contributed by atoms with Crippen LogP contribution in [0, 0.1) is 11.6 Å². The smallest absolute Gasteiger partial charge is 0.295 e. The fraction of sp³-hybridized carbons (Fsp3) is 0.100. The molecule has 1 aromatic heterocycles. The van der Waals surface area contributed by atoms with E-state index in [0.717, 1.165) is 0 Å². The van der Waals surface area contributed by atoms with Crippen LogP contribution in [0.15, 0.2) is 23.0 Å². The van der Waals surface area contributed by atoms with Crippen molar-refractivity contribution in [2.24, 2.45) is 0 Å². The van der Waals surface area contributed by atoms with Gasteiger partial charge in [-0.1, -0.05) is 35.4 Å². The van der Waals surface area contributed by atoms with Gasteiger partial charge in [0, 0.05) is 10.0 Å². The first-order valence-electron chi connectivity index (χ1n) is 4.64. The van der Waals surface area contributed by atoms with Crippen molar-refractivity contribution in [1.29, 1.82) is 0 Å². The summed E-state index contributed by atoms with van der Waals surface area (Å²) in [6, 6.07) is 4.77.